The summed E-state index contributed by atoms with van der Waals surface area (Å²) in [5.41, 5.74) is 20.0. The molecule has 0 saturated carbocycles. The third kappa shape index (κ3) is 7.92. The van der Waals surface area contributed by atoms with Gasteiger partial charge in [0.15, 0.2) is 0 Å². The maximum Gasteiger partial charge on any atom is 0.0973 e. The Balaban J connectivity index is 0.777. The van der Waals surface area contributed by atoms with Crippen LogP contribution in [0.5, 0.6) is 0 Å². The van der Waals surface area contributed by atoms with Gasteiger partial charge in [-0.3, -0.25) is 9.97 Å². The summed E-state index contributed by atoms with van der Waals surface area (Å²) in [6, 6.07) is 99.0. The van der Waals surface area contributed by atoms with Gasteiger partial charge in [-0.2, -0.15) is 0 Å². The summed E-state index contributed by atoms with van der Waals surface area (Å²) >= 11 is 0. The zero-order valence-corrected chi connectivity index (χ0v) is 44.3. The molecule has 0 aliphatic rings. The van der Waals surface area contributed by atoms with Crippen molar-refractivity contribution in [1.29, 1.82) is 0 Å². The van der Waals surface area contributed by atoms with Crippen LogP contribution in [-0.2, 0) is 0 Å². The van der Waals surface area contributed by atoms with Crippen molar-refractivity contribution in [2.75, 3.05) is 9.80 Å². The van der Waals surface area contributed by atoms with Gasteiger partial charge in [-0.1, -0.05) is 133 Å². The summed E-state index contributed by atoms with van der Waals surface area (Å²) in [5, 5.41) is 7.11. The van der Waals surface area contributed by atoms with E-state index >= 15 is 0 Å². The molecule has 0 N–H and O–H groups in total. The maximum absolute atomic E-state index is 5.37. The second-order valence-corrected chi connectivity index (χ2v) is 20.7. The van der Waals surface area contributed by atoms with Crippen LogP contribution >= 0.6 is 0 Å². The van der Waals surface area contributed by atoms with Crippen LogP contribution in [0.1, 0.15) is 0 Å². The van der Waals surface area contributed by atoms with Gasteiger partial charge >= 0.3 is 0 Å². The molecular weight excluding hydrogens is 1000 g/mol. The summed E-state index contributed by atoms with van der Waals surface area (Å²) < 4.78 is 4.71. The molecule has 0 aliphatic heterocycles. The van der Waals surface area contributed by atoms with Crippen LogP contribution in [0.2, 0.25) is 0 Å². The van der Waals surface area contributed by atoms with Crippen LogP contribution in [0, 0.1) is 0 Å². The van der Waals surface area contributed by atoms with Crippen molar-refractivity contribution in [1.82, 2.24) is 29.1 Å². The highest BCUT2D eigenvalue weighted by molar-refractivity contribution is 6.10. The lowest BCUT2D eigenvalue weighted by molar-refractivity contribution is 1.17. The number of fused-ring (bicyclic) bond motifs is 9. The molecule has 5 heterocycles. The Hall–Kier alpha value is -11.2. The molecule has 0 fully saturated rings. The highest BCUT2D eigenvalue weighted by Gasteiger charge is 2.21. The van der Waals surface area contributed by atoms with Crippen molar-refractivity contribution in [3.8, 4) is 33.9 Å². The van der Waals surface area contributed by atoms with Gasteiger partial charge in [0, 0.05) is 101 Å². The Morgan fingerprint density at radius 1 is 0.256 bits per heavy atom. The van der Waals surface area contributed by atoms with Crippen LogP contribution < -0.4 is 9.80 Å². The minimum atomic E-state index is 0.799. The normalized spacial score (nSPS) is 11.7. The molecule has 82 heavy (non-hydrogen) atoms. The monoisotopic (exact) mass is 1050 g/mol. The van der Waals surface area contributed by atoms with Crippen molar-refractivity contribution in [3.05, 3.63) is 291 Å². The summed E-state index contributed by atoms with van der Waals surface area (Å²) in [6.45, 7) is 0. The van der Waals surface area contributed by atoms with E-state index in [-0.39, 0.29) is 0 Å². The molecule has 8 nitrogen and oxygen atoms in total. The van der Waals surface area contributed by atoms with Crippen molar-refractivity contribution < 1.29 is 0 Å². The quantitative estimate of drug-likeness (QED) is 0.136. The van der Waals surface area contributed by atoms with Gasteiger partial charge in [-0.05, 0) is 146 Å². The Labute approximate surface area is 472 Å². The minimum absolute atomic E-state index is 0.799. The maximum atomic E-state index is 5.37. The van der Waals surface area contributed by atoms with Gasteiger partial charge in [0.1, 0.15) is 0 Å². The number of anilines is 6. The second kappa shape index (κ2) is 19.3. The van der Waals surface area contributed by atoms with Gasteiger partial charge in [-0.15, -0.1) is 0 Å². The smallest absolute Gasteiger partial charge is 0.0973 e. The van der Waals surface area contributed by atoms with E-state index in [9.17, 15) is 0 Å². The summed E-state index contributed by atoms with van der Waals surface area (Å²) in [7, 11) is 0. The molecule has 16 rings (SSSR count). The summed E-state index contributed by atoms with van der Waals surface area (Å²) in [5.74, 6) is 0. The van der Waals surface area contributed by atoms with E-state index in [4.69, 9.17) is 19.9 Å². The van der Waals surface area contributed by atoms with E-state index in [0.717, 1.165) is 101 Å². The topological polar surface area (TPSA) is 67.9 Å². The largest absolute Gasteiger partial charge is 0.310 e. The number of hydrogen-bond acceptors (Lipinski definition) is 6. The van der Waals surface area contributed by atoms with Gasteiger partial charge in [0.2, 0.25) is 0 Å². The van der Waals surface area contributed by atoms with Gasteiger partial charge in [0.05, 0.1) is 55.5 Å². The summed E-state index contributed by atoms with van der Waals surface area (Å²) in [6.07, 6.45) is 3.71. The number of nitrogens with zero attached hydrogens (tertiary/aromatic N) is 8. The lowest BCUT2D eigenvalue weighted by Gasteiger charge is -2.26. The van der Waals surface area contributed by atoms with E-state index in [1.165, 1.54) is 43.6 Å². The van der Waals surface area contributed by atoms with Gasteiger partial charge in [0.25, 0.3) is 0 Å². The molecule has 0 aliphatic carbocycles. The van der Waals surface area contributed by atoms with Gasteiger partial charge in [-0.25, -0.2) is 9.97 Å². The number of hydrogen-bond donors (Lipinski definition) is 0. The zero-order chi connectivity index (χ0) is 54.1. The third-order valence-corrected chi connectivity index (χ3v) is 16.0. The fourth-order valence-electron chi connectivity index (χ4n) is 12.1. The van der Waals surface area contributed by atoms with Crippen molar-refractivity contribution in [2.45, 2.75) is 0 Å². The van der Waals surface area contributed by atoms with E-state index < -0.39 is 0 Å². The van der Waals surface area contributed by atoms with Crippen LogP contribution in [-0.4, -0.2) is 29.1 Å². The van der Waals surface area contributed by atoms with E-state index in [1.54, 1.807) is 0 Å². The number of aromatic nitrogens is 6. The highest BCUT2D eigenvalue weighted by atomic mass is 15.2. The SMILES string of the molecule is c1cnc2cc(N(c3ccc(-c4nc5ccccc5nc4-c4ccc(N(c5ccc(-n6c7ccccc7c7ccccc76)cc5)c5ccc6cccnc6c5)cc4)cc3)c3ccc(-n4c5ccccc5c5ccccc54)cc3)ccc2c1. The Kier molecular flexibility index (Phi) is 11.0. The van der Waals surface area contributed by atoms with E-state index in [1.807, 2.05) is 48.8 Å². The average Bonchev–Trinajstić information content (AvgIpc) is 4.22. The highest BCUT2D eigenvalue weighted by Crippen LogP contribution is 2.42. The molecule has 0 atom stereocenters. The number of rotatable bonds is 10. The Morgan fingerprint density at radius 2 is 0.573 bits per heavy atom. The van der Waals surface area contributed by atoms with Crippen molar-refractivity contribution in [2.24, 2.45) is 0 Å². The molecule has 11 aromatic carbocycles. The predicted molar refractivity (Wildman–Crippen MR) is 339 cm³/mol. The molecular formula is C74H48N8. The number of benzene rings is 11. The lowest BCUT2D eigenvalue weighted by atomic mass is 10.0. The molecule has 16 aromatic rings. The second-order valence-electron chi connectivity index (χ2n) is 20.7. The Bertz CT molecular complexity index is 4670. The lowest BCUT2D eigenvalue weighted by Crippen LogP contribution is -2.10. The molecule has 0 unspecified atom stereocenters. The number of para-hydroxylation sites is 6. The first-order valence-corrected chi connectivity index (χ1v) is 27.6. The molecule has 0 amide bonds. The standard InChI is InChI=1S/C74H48N8/c1-7-21-69-61(15-1)62-16-2-8-22-70(62)81(69)57-41-37-55(38-42-57)79(59-35-25-49-13-11-45-75-67(49)47-59)53-31-27-51(28-32-53)73-74(78-66-20-6-5-19-65(66)77-73)52-29-33-54(34-30-52)80(60-36-26-50-14-12-46-76-68(50)48-60)56-39-43-58(44-40-56)82-71-23-9-3-17-63(71)64-18-4-10-24-72(64)82/h1-48H. The fourth-order valence-corrected chi connectivity index (χ4v) is 12.1. The van der Waals surface area contributed by atoms with Crippen LogP contribution in [0.3, 0.4) is 0 Å². The van der Waals surface area contributed by atoms with Gasteiger partial charge < -0.3 is 18.9 Å². The molecule has 8 heteroatoms. The molecule has 384 valence electrons. The van der Waals surface area contributed by atoms with Crippen molar-refractivity contribution in [3.63, 3.8) is 0 Å². The Morgan fingerprint density at radius 3 is 0.939 bits per heavy atom. The van der Waals surface area contributed by atoms with Crippen LogP contribution in [0.25, 0.3) is 110 Å². The number of pyridine rings is 2. The zero-order valence-electron chi connectivity index (χ0n) is 44.3. The predicted octanol–water partition coefficient (Wildman–Crippen LogP) is 19.2. The molecule has 0 saturated heterocycles. The summed E-state index contributed by atoms with van der Waals surface area (Å²) in [4.78, 5) is 24.9. The van der Waals surface area contributed by atoms with Crippen LogP contribution in [0.4, 0.5) is 34.1 Å². The molecule has 0 spiro atoms. The van der Waals surface area contributed by atoms with E-state index in [0.29, 0.717) is 0 Å². The first-order valence-electron chi connectivity index (χ1n) is 27.6. The fraction of sp³-hybridized carbons (Fsp3) is 0. The first kappa shape index (κ1) is 46.8. The molecule has 5 aromatic heterocycles. The van der Waals surface area contributed by atoms with E-state index in [2.05, 4.69) is 262 Å². The average molecular weight is 1050 g/mol. The third-order valence-electron chi connectivity index (χ3n) is 16.0. The first-order chi connectivity index (χ1) is 40.6. The molecule has 0 bridgehead atoms. The molecule has 0 radical (unpaired) electrons. The van der Waals surface area contributed by atoms with Crippen LogP contribution in [0.15, 0.2) is 291 Å². The minimum Gasteiger partial charge on any atom is -0.310 e. The van der Waals surface area contributed by atoms with Crippen molar-refractivity contribution >= 4 is 111 Å².